The molecule has 9 aromatic rings. The molecule has 0 saturated carbocycles. The van der Waals surface area contributed by atoms with Gasteiger partial charge in [0.2, 0.25) is 0 Å². The maximum absolute atomic E-state index is 16.0. The summed E-state index contributed by atoms with van der Waals surface area (Å²) in [4.78, 5) is 25.1. The fraction of sp³-hybridized carbons (Fsp3) is 0.522. The number of hydrogen-bond donors (Lipinski definition) is 6. The molecule has 0 amide bonds. The van der Waals surface area contributed by atoms with Gasteiger partial charge in [0.15, 0.2) is 5.69 Å². The van der Waals surface area contributed by atoms with Gasteiger partial charge in [-0.25, -0.2) is 53.1 Å². The number of alkyl halides is 7. The van der Waals surface area contributed by atoms with Crippen LogP contribution in [0.25, 0.3) is 37.6 Å². The van der Waals surface area contributed by atoms with Gasteiger partial charge in [-0.2, -0.15) is 0 Å². The average molecular weight is 1620 g/mol. The number of unbranched alkanes of at least 4 members (excludes halogenated alkanes) is 3. The predicted octanol–water partition coefficient (Wildman–Crippen LogP) is 18.1. The summed E-state index contributed by atoms with van der Waals surface area (Å²) >= 11 is 0. The van der Waals surface area contributed by atoms with E-state index in [1.54, 1.807) is 51.2 Å². The van der Waals surface area contributed by atoms with E-state index in [1.165, 1.54) is 34.1 Å². The van der Waals surface area contributed by atoms with Crippen molar-refractivity contribution in [2.75, 3.05) is 113 Å². The molecule has 0 aliphatic carbocycles. The number of aliphatic hydroxyl groups excluding tert-OH is 3. The number of H-pyrrole nitrogens is 3. The van der Waals surface area contributed by atoms with Gasteiger partial charge in [-0.05, 0) is 160 Å². The van der Waals surface area contributed by atoms with Gasteiger partial charge in [0, 0.05) is 150 Å². The fourth-order valence-corrected chi connectivity index (χ4v) is 18.9. The topological polar surface area (TPSA) is 150 Å². The molecule has 9 atom stereocenters. The molecule has 3 fully saturated rings. The van der Waals surface area contributed by atoms with Crippen LogP contribution in [0.3, 0.4) is 0 Å². The zero-order valence-corrected chi connectivity index (χ0v) is 67.3. The Balaban J connectivity index is 0.000000151. The zero-order chi connectivity index (χ0) is 82.8. The van der Waals surface area contributed by atoms with Crippen LogP contribution in [0.1, 0.15) is 184 Å². The van der Waals surface area contributed by atoms with E-state index in [0.717, 1.165) is 139 Å². The van der Waals surface area contributed by atoms with Gasteiger partial charge in [-0.3, -0.25) is 14.7 Å². The van der Waals surface area contributed by atoms with E-state index in [0.29, 0.717) is 66.0 Å². The molecular formula is C90H109F11N10O5. The number of nitrogens with one attached hydrogen (secondary N) is 3. The lowest BCUT2D eigenvalue weighted by molar-refractivity contribution is -0.0870. The van der Waals surface area contributed by atoms with Crippen molar-refractivity contribution in [3.63, 3.8) is 0 Å². The lowest BCUT2D eigenvalue weighted by Gasteiger charge is -2.43. The van der Waals surface area contributed by atoms with Crippen LogP contribution in [0.4, 0.5) is 54.0 Å². The second kappa shape index (κ2) is 36.4. The molecule has 3 aromatic heterocycles. The summed E-state index contributed by atoms with van der Waals surface area (Å²) in [5.74, 6) is -13.2. The number of likely N-dealkylation sites (tertiary alicyclic amines) is 3. The number of fused-ring (bicyclic) bond motifs is 9. The molecule has 6 N–H and O–H groups in total. The number of aromatic nitrogens is 3. The summed E-state index contributed by atoms with van der Waals surface area (Å²) in [6, 6.07) is 29.1. The predicted molar refractivity (Wildman–Crippen MR) is 429 cm³/mol. The van der Waals surface area contributed by atoms with E-state index >= 15 is 22.0 Å². The van der Waals surface area contributed by atoms with Crippen molar-refractivity contribution >= 4 is 38.4 Å². The number of aromatic amines is 3. The molecule has 26 heteroatoms. The largest absolute Gasteiger partial charge is 0.390 e. The van der Waals surface area contributed by atoms with E-state index in [-0.39, 0.29) is 40.6 Å². The molecule has 0 bridgehead atoms. The number of halogens is 11. The molecule has 0 unspecified atom stereocenters. The molecule has 0 spiro atoms. The highest BCUT2D eigenvalue weighted by Gasteiger charge is 2.49. The monoisotopic (exact) mass is 1620 g/mol. The van der Waals surface area contributed by atoms with Crippen LogP contribution in [0.5, 0.6) is 0 Å². The molecule has 6 aromatic carbocycles. The number of ether oxygens (including phenoxy) is 2. The number of methoxy groups -OCH3 is 2. The Morgan fingerprint density at radius 2 is 0.776 bits per heavy atom. The smallest absolute Gasteiger partial charge is 0.283 e. The van der Waals surface area contributed by atoms with Crippen molar-refractivity contribution in [2.24, 2.45) is 17.8 Å². The molecule has 15 rings (SSSR count). The van der Waals surface area contributed by atoms with Crippen molar-refractivity contribution in [3.8, 4) is 0 Å². The third-order valence-electron chi connectivity index (χ3n) is 24.9. The highest BCUT2D eigenvalue weighted by molar-refractivity contribution is 5.87. The molecule has 9 heterocycles. The van der Waals surface area contributed by atoms with Crippen molar-refractivity contribution in [2.45, 2.75) is 172 Å². The Labute approximate surface area is 671 Å². The molecule has 15 nitrogen and oxygen atoms in total. The first-order valence-corrected chi connectivity index (χ1v) is 41.0. The van der Waals surface area contributed by atoms with Crippen molar-refractivity contribution in [1.82, 2.24) is 44.4 Å². The Morgan fingerprint density at radius 3 is 1.09 bits per heavy atom. The highest BCUT2D eigenvalue weighted by atomic mass is 19.3. The van der Waals surface area contributed by atoms with E-state index < -0.39 is 129 Å². The molecule has 116 heavy (non-hydrogen) atoms. The Bertz CT molecular complexity index is 4650. The number of hydrogen-bond acceptors (Lipinski definition) is 11. The van der Waals surface area contributed by atoms with Crippen LogP contribution in [-0.2, 0) is 28.7 Å². The second-order valence-corrected chi connectivity index (χ2v) is 33.2. The number of para-hydroxylation sites is 3. The third-order valence-corrected chi connectivity index (χ3v) is 24.9. The van der Waals surface area contributed by atoms with E-state index in [9.17, 15) is 41.7 Å². The van der Waals surface area contributed by atoms with Gasteiger partial charge >= 0.3 is 0 Å². The maximum atomic E-state index is 16.0. The number of rotatable bonds is 29. The molecule has 0 radical (unpaired) electrons. The summed E-state index contributed by atoms with van der Waals surface area (Å²) in [5.41, 5.74) is 8.60. The highest BCUT2D eigenvalue weighted by Crippen LogP contribution is 2.50. The minimum absolute atomic E-state index is 0.106. The minimum atomic E-state index is -3.43. The SMILES string of the molecule is CCCCN1CC([C@@H](OC)c2cc(F)c([C@@H]3c4[nH]c5ccccc5c4C[C@@H](C)N3CC(F)(F)CO)c(F)c2)C1.CCCCN1CC([C@H](OC)c2cc(F)c([C@@H]3c4[nH]c5ccccc5c4C[C@@H](C)N3CC(F)(F)CO)c(F)c2)C1.[C-]#[N+]c1cc([C@@H](F)C2CN(CCCC)C2)ccc1[C@@H]1c2[nH]c3ccccc3c2C[C@@H](C)N1CC(F)(F)CO. The maximum Gasteiger partial charge on any atom is 0.283 e. The summed E-state index contributed by atoms with van der Waals surface area (Å²) in [6.45, 7) is 21.1. The third kappa shape index (κ3) is 17.9. The first kappa shape index (κ1) is 86.1. The van der Waals surface area contributed by atoms with Crippen LogP contribution in [0.15, 0.2) is 115 Å². The summed E-state index contributed by atoms with van der Waals surface area (Å²) < 4.78 is 178. The van der Waals surface area contributed by atoms with E-state index in [1.807, 2.05) is 79.7 Å². The van der Waals surface area contributed by atoms with Crippen LogP contribution in [-0.4, -0.2) is 208 Å². The summed E-state index contributed by atoms with van der Waals surface area (Å²) in [7, 11) is 3.09. The van der Waals surface area contributed by atoms with Crippen molar-refractivity contribution in [1.29, 1.82) is 0 Å². The first-order valence-electron chi connectivity index (χ1n) is 41.0. The molecule has 626 valence electrons. The lowest BCUT2D eigenvalue weighted by Crippen LogP contribution is -2.50. The lowest BCUT2D eigenvalue weighted by atomic mass is 9.85. The van der Waals surface area contributed by atoms with Crippen molar-refractivity contribution < 1.29 is 73.1 Å². The summed E-state index contributed by atoms with van der Waals surface area (Å²) in [5, 5.41) is 30.8. The quantitative estimate of drug-likeness (QED) is 0.0196. The van der Waals surface area contributed by atoms with Gasteiger partial charge in [0.1, 0.15) is 49.3 Å². The normalized spacial score (nSPS) is 21.7. The van der Waals surface area contributed by atoms with E-state index in [2.05, 4.69) is 55.3 Å². The number of aliphatic hydroxyl groups is 3. The standard InChI is InChI=1S/2C30H37F4N3O2.C30H35F3N4O/c2*1-4-5-10-36-14-20(15-36)29(39-3)19-12-23(31)26(24(32)13-19)28-27-22(21-8-6-7-9-25(21)35-27)11-18(2)37(28)16-30(33,34)17-38;1-4-5-12-36-15-21(16-36)27(31)20-10-11-23(26(14-20)34-3)29-28-24(22-8-6-7-9-25(22)35-28)13-19(2)37(29)17-30(32,33)18-38/h2*6-9,12-13,18,20,28-29,35,38H,4-5,10-11,14-17H2,1-3H3;6-11,14,19,21,27,29,35,38H,4-5,12-13,15-18H2,1-2H3/t18-,28-,29+;18-,28-,29-;19-,27-,29-/m111/s1. The molecule has 6 aliphatic rings. The van der Waals surface area contributed by atoms with E-state index in [4.69, 9.17) is 16.0 Å². The van der Waals surface area contributed by atoms with Gasteiger partial charge in [-0.1, -0.05) is 113 Å². The number of benzene rings is 6. The van der Waals surface area contributed by atoms with Crippen LogP contribution in [0, 0.1) is 47.6 Å². The van der Waals surface area contributed by atoms with Gasteiger partial charge in [-0.15, -0.1) is 0 Å². The average Bonchev–Trinajstić information content (AvgIpc) is 1.52. The second-order valence-electron chi connectivity index (χ2n) is 33.2. The zero-order valence-electron chi connectivity index (χ0n) is 67.3. The van der Waals surface area contributed by atoms with Crippen molar-refractivity contribution in [3.05, 3.63) is 217 Å². The van der Waals surface area contributed by atoms with Crippen LogP contribution < -0.4 is 0 Å². The van der Waals surface area contributed by atoms with Crippen LogP contribution in [0.2, 0.25) is 0 Å². The summed E-state index contributed by atoms with van der Waals surface area (Å²) in [6.07, 6.45) is 5.93. The molecule has 3 saturated heterocycles. The Kier molecular flexibility index (Phi) is 27.0. The van der Waals surface area contributed by atoms with Gasteiger partial charge in [0.05, 0.1) is 56.5 Å². The minimum Gasteiger partial charge on any atom is -0.390 e. The molecular weight excluding hydrogens is 1510 g/mol. The van der Waals surface area contributed by atoms with Gasteiger partial charge < -0.3 is 54.4 Å². The van der Waals surface area contributed by atoms with Crippen LogP contribution >= 0.6 is 0 Å². The Hall–Kier alpha value is -7.78. The van der Waals surface area contributed by atoms with Gasteiger partial charge in [0.25, 0.3) is 17.8 Å². The first-order chi connectivity index (χ1) is 55.6. The molecule has 6 aliphatic heterocycles. The Morgan fingerprint density at radius 1 is 0.457 bits per heavy atom. The fourth-order valence-electron chi connectivity index (χ4n) is 18.9. The number of nitrogens with zero attached hydrogens (tertiary/aromatic N) is 7.